The molecule has 1 aromatic heterocycles. The summed E-state index contributed by atoms with van der Waals surface area (Å²) in [6.45, 7) is 1.37. The number of carbonyl (C=O) groups excluding carboxylic acids is 1. The Balaban J connectivity index is 1.81. The summed E-state index contributed by atoms with van der Waals surface area (Å²) in [6, 6.07) is 7.31. The minimum absolute atomic E-state index is 0.139. The monoisotopic (exact) mass is 463 g/mol. The lowest BCUT2D eigenvalue weighted by atomic mass is 10.1. The molecule has 2 aromatic carbocycles. The number of nitrogens with one attached hydrogen (secondary N) is 2. The molecule has 0 aliphatic heterocycles. The van der Waals surface area contributed by atoms with Gasteiger partial charge in [-0.2, -0.15) is 5.10 Å². The minimum atomic E-state index is -0.871. The first kappa shape index (κ1) is 23.5. The summed E-state index contributed by atoms with van der Waals surface area (Å²) >= 11 is 6.33. The van der Waals surface area contributed by atoms with Crippen LogP contribution in [-0.4, -0.2) is 48.0 Å². The molecule has 0 aliphatic carbocycles. The summed E-state index contributed by atoms with van der Waals surface area (Å²) in [5, 5.41) is 9.59. The highest BCUT2D eigenvalue weighted by atomic mass is 35.5. The standard InChI is InChI=1S/C22H24ClF2N5O2/c1-29(2)9-4-10-32-20-8-6-15(12-16(20)21-17(23)13-26-30(21)3)27-22(31)28-19-7-5-14(24)11-18(19)25/h5-8,11-13H,4,9-10H2,1-3H3,(H2,27,28,31). The second-order valence-corrected chi connectivity index (χ2v) is 7.79. The normalized spacial score (nSPS) is 11.0. The summed E-state index contributed by atoms with van der Waals surface area (Å²) in [7, 11) is 5.73. The van der Waals surface area contributed by atoms with Gasteiger partial charge in [0.05, 0.1) is 29.2 Å². The first-order valence-corrected chi connectivity index (χ1v) is 10.2. The zero-order valence-corrected chi connectivity index (χ0v) is 18.7. The third-order valence-corrected chi connectivity index (χ3v) is 4.85. The Morgan fingerprint density at radius 3 is 2.62 bits per heavy atom. The zero-order valence-electron chi connectivity index (χ0n) is 18.0. The average Bonchev–Trinajstić information content (AvgIpc) is 3.06. The molecule has 3 rings (SSSR count). The topological polar surface area (TPSA) is 71.4 Å². The van der Waals surface area contributed by atoms with Crippen molar-refractivity contribution < 1.29 is 18.3 Å². The molecule has 0 aliphatic rings. The average molecular weight is 464 g/mol. The van der Waals surface area contributed by atoms with E-state index in [0.717, 1.165) is 25.1 Å². The van der Waals surface area contributed by atoms with Crippen LogP contribution in [0.2, 0.25) is 5.02 Å². The fourth-order valence-corrected chi connectivity index (χ4v) is 3.34. The fraction of sp³-hybridized carbons (Fsp3) is 0.273. The first-order valence-electron chi connectivity index (χ1n) is 9.87. The van der Waals surface area contributed by atoms with E-state index in [2.05, 4.69) is 20.6 Å². The number of urea groups is 1. The van der Waals surface area contributed by atoms with Crippen LogP contribution in [0.4, 0.5) is 25.0 Å². The molecule has 0 bridgehead atoms. The van der Waals surface area contributed by atoms with Crippen molar-refractivity contribution in [1.29, 1.82) is 0 Å². The molecule has 2 amide bonds. The maximum atomic E-state index is 13.8. The SMILES string of the molecule is CN(C)CCCOc1ccc(NC(=O)Nc2ccc(F)cc2F)cc1-c1c(Cl)cnn1C. The lowest BCUT2D eigenvalue weighted by molar-refractivity contribution is 0.262. The molecular formula is C22H24ClF2N5O2. The number of anilines is 2. The number of benzene rings is 2. The van der Waals surface area contributed by atoms with E-state index in [1.165, 1.54) is 6.20 Å². The highest BCUT2D eigenvalue weighted by molar-refractivity contribution is 6.33. The summed E-state index contributed by atoms with van der Waals surface area (Å²) in [4.78, 5) is 14.4. The molecule has 32 heavy (non-hydrogen) atoms. The molecule has 10 heteroatoms. The summed E-state index contributed by atoms with van der Waals surface area (Å²) in [5.41, 5.74) is 1.56. The molecule has 170 valence electrons. The van der Waals surface area contributed by atoms with E-state index in [1.807, 2.05) is 14.1 Å². The molecule has 1 heterocycles. The Labute approximate surface area is 189 Å². The fourth-order valence-electron chi connectivity index (χ4n) is 3.07. The number of amides is 2. The lowest BCUT2D eigenvalue weighted by Crippen LogP contribution is -2.20. The molecule has 0 saturated heterocycles. The van der Waals surface area contributed by atoms with Gasteiger partial charge in [-0.15, -0.1) is 0 Å². The number of rotatable bonds is 8. The Morgan fingerprint density at radius 2 is 1.97 bits per heavy atom. The first-order chi connectivity index (χ1) is 15.2. The van der Waals surface area contributed by atoms with E-state index >= 15 is 0 Å². The van der Waals surface area contributed by atoms with Crippen LogP contribution < -0.4 is 15.4 Å². The van der Waals surface area contributed by atoms with Gasteiger partial charge >= 0.3 is 6.03 Å². The predicted molar refractivity (Wildman–Crippen MR) is 121 cm³/mol. The van der Waals surface area contributed by atoms with E-state index in [9.17, 15) is 13.6 Å². The summed E-state index contributed by atoms with van der Waals surface area (Å²) in [5.74, 6) is -1.01. The largest absolute Gasteiger partial charge is 0.493 e. The maximum Gasteiger partial charge on any atom is 0.323 e. The maximum absolute atomic E-state index is 13.8. The second kappa shape index (κ2) is 10.4. The van der Waals surface area contributed by atoms with Gasteiger partial charge in [0.2, 0.25) is 0 Å². The molecule has 0 radical (unpaired) electrons. The van der Waals surface area contributed by atoms with Crippen molar-refractivity contribution in [3.63, 3.8) is 0 Å². The molecule has 7 nitrogen and oxygen atoms in total. The second-order valence-electron chi connectivity index (χ2n) is 7.38. The van der Waals surface area contributed by atoms with Crippen molar-refractivity contribution in [2.24, 2.45) is 7.05 Å². The van der Waals surface area contributed by atoms with E-state index in [4.69, 9.17) is 16.3 Å². The van der Waals surface area contributed by atoms with Crippen molar-refractivity contribution in [2.45, 2.75) is 6.42 Å². The quantitative estimate of drug-likeness (QED) is 0.461. The van der Waals surface area contributed by atoms with Crippen LogP contribution in [0, 0.1) is 11.6 Å². The van der Waals surface area contributed by atoms with Crippen molar-refractivity contribution >= 4 is 29.0 Å². The van der Waals surface area contributed by atoms with Gasteiger partial charge in [-0.1, -0.05) is 11.6 Å². The lowest BCUT2D eigenvalue weighted by Gasteiger charge is -2.16. The van der Waals surface area contributed by atoms with Crippen LogP contribution in [0.15, 0.2) is 42.6 Å². The van der Waals surface area contributed by atoms with E-state index in [1.54, 1.807) is 29.9 Å². The van der Waals surface area contributed by atoms with Crippen molar-refractivity contribution in [2.75, 3.05) is 37.9 Å². The molecule has 0 spiro atoms. The number of carbonyl (C=O) groups is 1. The van der Waals surface area contributed by atoms with Gasteiger partial charge in [0.1, 0.15) is 17.4 Å². The van der Waals surface area contributed by atoms with Crippen LogP contribution in [0.25, 0.3) is 11.3 Å². The van der Waals surface area contributed by atoms with Gasteiger partial charge in [0.15, 0.2) is 0 Å². The predicted octanol–water partition coefficient (Wildman–Crippen LogP) is 4.99. The van der Waals surface area contributed by atoms with Gasteiger partial charge in [0.25, 0.3) is 0 Å². The van der Waals surface area contributed by atoms with E-state index < -0.39 is 17.7 Å². The number of nitrogens with zero attached hydrogens (tertiary/aromatic N) is 3. The Bertz CT molecular complexity index is 1080. The highest BCUT2D eigenvalue weighted by Crippen LogP contribution is 2.36. The number of aryl methyl sites for hydroxylation is 1. The zero-order chi connectivity index (χ0) is 23.3. The van der Waals surface area contributed by atoms with Gasteiger partial charge in [0, 0.05) is 30.9 Å². The number of halogens is 3. The van der Waals surface area contributed by atoms with Crippen molar-refractivity contribution in [1.82, 2.24) is 14.7 Å². The highest BCUT2D eigenvalue weighted by Gasteiger charge is 2.17. The van der Waals surface area contributed by atoms with Gasteiger partial charge in [-0.25, -0.2) is 13.6 Å². The Kier molecular flexibility index (Phi) is 7.66. The van der Waals surface area contributed by atoms with Crippen LogP contribution >= 0.6 is 11.6 Å². The molecule has 0 atom stereocenters. The Hall–Kier alpha value is -3.17. The third kappa shape index (κ3) is 5.95. The van der Waals surface area contributed by atoms with Crippen LogP contribution in [0.1, 0.15) is 6.42 Å². The van der Waals surface area contributed by atoms with Gasteiger partial charge in [-0.3, -0.25) is 4.68 Å². The molecule has 3 aromatic rings. The summed E-state index contributed by atoms with van der Waals surface area (Å²) < 4.78 is 34.5. The molecule has 0 fully saturated rings. The molecule has 0 unspecified atom stereocenters. The number of hydrogen-bond acceptors (Lipinski definition) is 4. The number of ether oxygens (including phenoxy) is 1. The van der Waals surface area contributed by atoms with Crippen molar-refractivity contribution in [3.8, 4) is 17.0 Å². The van der Waals surface area contributed by atoms with Crippen LogP contribution in [0.5, 0.6) is 5.75 Å². The van der Waals surface area contributed by atoms with Crippen LogP contribution in [0.3, 0.4) is 0 Å². The smallest absolute Gasteiger partial charge is 0.323 e. The van der Waals surface area contributed by atoms with Crippen molar-refractivity contribution in [3.05, 3.63) is 59.3 Å². The van der Waals surface area contributed by atoms with Gasteiger partial charge in [-0.05, 0) is 50.8 Å². The molecule has 2 N–H and O–H groups in total. The Morgan fingerprint density at radius 1 is 1.19 bits per heavy atom. The van der Waals surface area contributed by atoms with E-state index in [-0.39, 0.29) is 5.69 Å². The number of hydrogen-bond donors (Lipinski definition) is 2. The third-order valence-electron chi connectivity index (χ3n) is 4.57. The van der Waals surface area contributed by atoms with Gasteiger partial charge < -0.3 is 20.3 Å². The van der Waals surface area contributed by atoms with E-state index in [0.29, 0.717) is 40.4 Å². The molecular weight excluding hydrogens is 440 g/mol. The summed E-state index contributed by atoms with van der Waals surface area (Å²) in [6.07, 6.45) is 2.36. The molecule has 0 saturated carbocycles. The minimum Gasteiger partial charge on any atom is -0.493 e. The number of aromatic nitrogens is 2. The van der Waals surface area contributed by atoms with Crippen LogP contribution in [-0.2, 0) is 7.05 Å².